The van der Waals surface area contributed by atoms with Crippen LogP contribution >= 0.6 is 0 Å². The molecule has 4 atom stereocenters. The molecular weight excluding hydrogens is 456 g/mol. The Hall–Kier alpha value is -3.66. The van der Waals surface area contributed by atoms with Crippen LogP contribution in [-0.2, 0) is 0 Å². The number of rotatable bonds is 6. The van der Waals surface area contributed by atoms with Crippen molar-refractivity contribution in [1.82, 2.24) is 15.0 Å². The van der Waals surface area contributed by atoms with Crippen LogP contribution < -0.4 is 15.6 Å². The first-order chi connectivity index (χ1) is 17.2. The number of benzene rings is 1. The van der Waals surface area contributed by atoms with Gasteiger partial charge in [-0.25, -0.2) is 15.3 Å². The number of aromatic amines is 1. The molecule has 0 amide bonds. The Morgan fingerprint density at radius 1 is 1.03 bits per heavy atom. The number of aromatic nitrogens is 4. The van der Waals surface area contributed by atoms with Gasteiger partial charge in [-0.15, -0.1) is 0 Å². The number of aliphatic hydroxyl groups is 3. The zero-order chi connectivity index (χ0) is 25.4. The van der Waals surface area contributed by atoms with Crippen LogP contribution in [0.1, 0.15) is 26.0 Å². The predicted octanol–water partition coefficient (Wildman–Crippen LogP) is 2.85. The second-order valence-electron chi connectivity index (χ2n) is 9.94. The average molecular weight is 488 g/mol. The minimum Gasteiger partial charge on any atom is -0.390 e. The highest BCUT2D eigenvalue weighted by Crippen LogP contribution is 2.37. The van der Waals surface area contributed by atoms with Crippen molar-refractivity contribution in [1.29, 1.82) is 0 Å². The van der Waals surface area contributed by atoms with Crippen molar-refractivity contribution in [3.05, 3.63) is 66.6 Å². The second kappa shape index (κ2) is 9.42. The Kier molecular flexibility index (Phi) is 6.29. The van der Waals surface area contributed by atoms with E-state index in [4.69, 9.17) is 9.97 Å². The summed E-state index contributed by atoms with van der Waals surface area (Å²) < 4.78 is 0. The molecule has 1 aliphatic carbocycles. The van der Waals surface area contributed by atoms with Gasteiger partial charge in [-0.2, -0.15) is 0 Å². The van der Waals surface area contributed by atoms with Crippen LogP contribution in [-0.4, -0.2) is 54.1 Å². The number of nitrogens with one attached hydrogen (secondary N) is 3. The molecule has 0 saturated heterocycles. The number of fused-ring (bicyclic) bond motifs is 1. The molecule has 1 aromatic carbocycles. The van der Waals surface area contributed by atoms with Crippen LogP contribution in [0.5, 0.6) is 0 Å². The lowest BCUT2D eigenvalue weighted by Crippen LogP contribution is -2.40. The summed E-state index contributed by atoms with van der Waals surface area (Å²) in [5, 5.41) is 39.5. The Bertz CT molecular complexity index is 1390. The van der Waals surface area contributed by atoms with Gasteiger partial charge in [0.05, 0.1) is 40.7 Å². The predicted molar refractivity (Wildman–Crippen MR) is 138 cm³/mol. The number of aliphatic hydroxyl groups excluding tert-OH is 2. The molecule has 186 valence electrons. The summed E-state index contributed by atoms with van der Waals surface area (Å²) >= 11 is 0. The molecule has 0 radical (unpaired) electrons. The maximum Gasteiger partial charge on any atom is 0.396 e. The number of H-pyrrole nitrogens is 1. The molecule has 6 N–H and O–H groups in total. The number of anilines is 3. The molecule has 5 rings (SSSR count). The van der Waals surface area contributed by atoms with Crippen molar-refractivity contribution in [2.24, 2.45) is 5.92 Å². The molecule has 3 aromatic heterocycles. The van der Waals surface area contributed by atoms with Gasteiger partial charge in [-0.05, 0) is 51.5 Å². The molecule has 0 bridgehead atoms. The van der Waals surface area contributed by atoms with E-state index >= 15 is 0 Å². The van der Waals surface area contributed by atoms with E-state index in [0.717, 1.165) is 22.3 Å². The van der Waals surface area contributed by atoms with Gasteiger partial charge in [0.1, 0.15) is 11.8 Å². The molecular formula is C27H31N6O3+. The summed E-state index contributed by atoms with van der Waals surface area (Å²) in [6.07, 6.45) is 1.79. The van der Waals surface area contributed by atoms with Gasteiger partial charge >= 0.3 is 5.95 Å². The fourth-order valence-electron chi connectivity index (χ4n) is 4.81. The first-order valence-corrected chi connectivity index (χ1v) is 12.0. The molecule has 3 heterocycles. The summed E-state index contributed by atoms with van der Waals surface area (Å²) in [5.74, 6) is 0.497. The van der Waals surface area contributed by atoms with Gasteiger partial charge in [0.15, 0.2) is 0 Å². The largest absolute Gasteiger partial charge is 0.396 e. The molecule has 0 unspecified atom stereocenters. The quantitative estimate of drug-likeness (QED) is 0.280. The molecule has 36 heavy (non-hydrogen) atoms. The van der Waals surface area contributed by atoms with E-state index < -0.39 is 29.8 Å². The molecule has 1 aliphatic rings. The van der Waals surface area contributed by atoms with Crippen molar-refractivity contribution in [2.75, 3.05) is 10.6 Å². The zero-order valence-corrected chi connectivity index (χ0v) is 20.5. The summed E-state index contributed by atoms with van der Waals surface area (Å²) in [7, 11) is 0. The molecule has 1 saturated carbocycles. The lowest BCUT2D eigenvalue weighted by Gasteiger charge is -2.28. The van der Waals surface area contributed by atoms with Crippen LogP contribution in [0.2, 0.25) is 0 Å². The highest BCUT2D eigenvalue weighted by Gasteiger charge is 2.48. The lowest BCUT2D eigenvalue weighted by atomic mass is 9.88. The number of hydrogen-bond acceptors (Lipinski definition) is 8. The average Bonchev–Trinajstić information content (AvgIpc) is 3.13. The van der Waals surface area contributed by atoms with E-state index in [1.54, 1.807) is 20.0 Å². The molecule has 1 fully saturated rings. The number of aryl methyl sites for hydroxylation is 1. The summed E-state index contributed by atoms with van der Waals surface area (Å²) in [6.45, 7) is 5.21. The number of hydrogen-bond donors (Lipinski definition) is 5. The van der Waals surface area contributed by atoms with Gasteiger partial charge < -0.3 is 20.6 Å². The molecule has 4 aromatic rings. The Morgan fingerprint density at radius 3 is 2.58 bits per heavy atom. The minimum absolute atomic E-state index is 0.378. The van der Waals surface area contributed by atoms with Crippen LogP contribution in [0.15, 0.2) is 60.9 Å². The topological polar surface area (TPSA) is 138 Å². The summed E-state index contributed by atoms with van der Waals surface area (Å²) in [5.41, 5.74) is 2.84. The Morgan fingerprint density at radius 2 is 1.83 bits per heavy atom. The van der Waals surface area contributed by atoms with Gasteiger partial charge in [0, 0.05) is 23.2 Å². The third kappa shape index (κ3) is 4.86. The molecule has 0 spiro atoms. The third-order valence-electron chi connectivity index (χ3n) is 6.78. The standard InChI is InChI=1S/C27H30N6O3/c1-15-12-17(10-11-28-15)30-26-29-14-18(21-9-8-16-6-4-5-7-20(16)31-21)25(33-26)32-22-13-19(27(2,3)36)23(34)24(22)35/h4-12,14,19,22-24,34-36H,13H2,1-3H3,(H2,28,29,30,32,33)/p+1/t19-,22+,23+,24-/m0/s1. The van der Waals surface area contributed by atoms with E-state index in [2.05, 4.69) is 20.6 Å². The SMILES string of the molecule is Cc1cc(Nc2nc(N[C@@H]3C[C@H](C(C)(C)O)[C@@H](O)[C@H]3O)c(-c3ccc4ccccc4n3)c[nH+]2)ccn1. The Balaban J connectivity index is 1.53. The first kappa shape index (κ1) is 24.1. The van der Waals surface area contributed by atoms with Crippen LogP contribution in [0, 0.1) is 12.8 Å². The van der Waals surface area contributed by atoms with E-state index in [1.807, 2.05) is 61.7 Å². The van der Waals surface area contributed by atoms with Gasteiger partial charge in [0.2, 0.25) is 5.82 Å². The molecule has 9 nitrogen and oxygen atoms in total. The van der Waals surface area contributed by atoms with Crippen molar-refractivity contribution >= 4 is 28.4 Å². The van der Waals surface area contributed by atoms with Crippen molar-refractivity contribution in [2.45, 2.75) is 51.0 Å². The van der Waals surface area contributed by atoms with Crippen LogP contribution in [0.3, 0.4) is 0 Å². The lowest BCUT2D eigenvalue weighted by molar-refractivity contribution is -0.363. The highest BCUT2D eigenvalue weighted by molar-refractivity contribution is 5.83. The smallest absolute Gasteiger partial charge is 0.390 e. The third-order valence-corrected chi connectivity index (χ3v) is 6.78. The van der Waals surface area contributed by atoms with Gasteiger partial charge in [-0.1, -0.05) is 29.2 Å². The van der Waals surface area contributed by atoms with E-state index in [1.165, 1.54) is 0 Å². The van der Waals surface area contributed by atoms with Crippen LogP contribution in [0.4, 0.5) is 17.5 Å². The van der Waals surface area contributed by atoms with E-state index in [9.17, 15) is 15.3 Å². The number of pyridine rings is 2. The fourth-order valence-corrected chi connectivity index (χ4v) is 4.81. The monoisotopic (exact) mass is 487 g/mol. The van der Waals surface area contributed by atoms with Gasteiger partial charge in [0.25, 0.3) is 0 Å². The highest BCUT2D eigenvalue weighted by atomic mass is 16.3. The Labute approximate surface area is 209 Å². The van der Waals surface area contributed by atoms with Crippen molar-refractivity contribution in [3.8, 4) is 11.3 Å². The van der Waals surface area contributed by atoms with E-state index in [0.29, 0.717) is 29.4 Å². The normalized spacial score (nSPS) is 22.1. The zero-order valence-electron chi connectivity index (χ0n) is 20.5. The fraction of sp³-hybridized carbons (Fsp3) is 0.333. The maximum atomic E-state index is 10.8. The molecule has 9 heteroatoms. The summed E-state index contributed by atoms with van der Waals surface area (Å²) in [6, 6.07) is 15.1. The number of nitrogens with zero attached hydrogens (tertiary/aromatic N) is 3. The minimum atomic E-state index is -1.14. The first-order valence-electron chi connectivity index (χ1n) is 12.0. The summed E-state index contributed by atoms with van der Waals surface area (Å²) in [4.78, 5) is 17.0. The second-order valence-corrected chi connectivity index (χ2v) is 9.94. The van der Waals surface area contributed by atoms with Crippen LogP contribution in [0.25, 0.3) is 22.2 Å². The van der Waals surface area contributed by atoms with Crippen molar-refractivity contribution in [3.63, 3.8) is 0 Å². The maximum absolute atomic E-state index is 10.8. The number of para-hydroxylation sites is 1. The van der Waals surface area contributed by atoms with Crippen molar-refractivity contribution < 1.29 is 20.3 Å². The van der Waals surface area contributed by atoms with Gasteiger partial charge in [-0.3, -0.25) is 4.98 Å². The van der Waals surface area contributed by atoms with E-state index in [-0.39, 0.29) is 0 Å². The molecule has 0 aliphatic heterocycles.